The summed E-state index contributed by atoms with van der Waals surface area (Å²) in [5, 5.41) is 17.7. The second kappa shape index (κ2) is 8.20. The molecule has 0 radical (unpaired) electrons. The van der Waals surface area contributed by atoms with Crippen molar-refractivity contribution in [1.82, 2.24) is 14.6 Å². The number of nitrogens with zero attached hydrogens (tertiary/aromatic N) is 5. The van der Waals surface area contributed by atoms with Crippen LogP contribution >= 0.6 is 11.3 Å². The van der Waals surface area contributed by atoms with Crippen LogP contribution in [0.15, 0.2) is 54.6 Å². The number of carbonyl (C=O) groups excluding carboxylic acids is 1. The first-order valence-corrected chi connectivity index (χ1v) is 11.1. The van der Waals surface area contributed by atoms with Gasteiger partial charge in [0.1, 0.15) is 5.69 Å². The van der Waals surface area contributed by atoms with E-state index in [4.69, 9.17) is 15.3 Å². The number of imidazole rings is 1. The van der Waals surface area contributed by atoms with Crippen molar-refractivity contribution in [1.29, 1.82) is 5.26 Å². The first kappa shape index (κ1) is 19.3. The summed E-state index contributed by atoms with van der Waals surface area (Å²) in [4.78, 5) is 20.8. The Kier molecular flexibility index (Phi) is 5.10. The summed E-state index contributed by atoms with van der Waals surface area (Å²) in [6.45, 7) is 1.99. The van der Waals surface area contributed by atoms with Crippen LogP contribution in [0.1, 0.15) is 35.2 Å². The maximum absolute atomic E-state index is 13.0. The van der Waals surface area contributed by atoms with Crippen LogP contribution in [0.2, 0.25) is 0 Å². The molecule has 0 unspecified atom stereocenters. The Morgan fingerprint density at radius 1 is 1.03 bits per heavy atom. The van der Waals surface area contributed by atoms with Gasteiger partial charge in [0.05, 0.1) is 11.6 Å². The zero-order valence-corrected chi connectivity index (χ0v) is 17.6. The topological polar surface area (TPSA) is 86.3 Å². The number of nitrogens with one attached hydrogen (secondary N) is 1. The molecule has 5 rings (SSSR count). The van der Waals surface area contributed by atoms with E-state index >= 15 is 0 Å². The Labute approximate surface area is 183 Å². The molecule has 31 heavy (non-hydrogen) atoms. The van der Waals surface area contributed by atoms with E-state index in [1.807, 2.05) is 30.3 Å². The molecule has 0 bridgehead atoms. The van der Waals surface area contributed by atoms with Crippen LogP contribution in [-0.4, -0.2) is 33.6 Å². The number of aromatic nitrogens is 3. The summed E-state index contributed by atoms with van der Waals surface area (Å²) < 4.78 is 1.73. The lowest BCUT2D eigenvalue weighted by Gasteiger charge is -2.25. The lowest BCUT2D eigenvalue weighted by Crippen LogP contribution is -2.29. The molecule has 1 aliphatic rings. The molecule has 154 valence electrons. The molecule has 1 fully saturated rings. The van der Waals surface area contributed by atoms with E-state index in [-0.39, 0.29) is 5.91 Å². The van der Waals surface area contributed by atoms with E-state index in [0.717, 1.165) is 28.7 Å². The maximum atomic E-state index is 13.0. The van der Waals surface area contributed by atoms with Gasteiger partial charge in [-0.2, -0.15) is 9.78 Å². The van der Waals surface area contributed by atoms with Crippen molar-refractivity contribution in [3.63, 3.8) is 0 Å². The van der Waals surface area contributed by atoms with E-state index in [9.17, 15) is 4.79 Å². The molecule has 0 atom stereocenters. The smallest absolute Gasteiger partial charge is 0.256 e. The molecular formula is C23H20N6OS. The van der Waals surface area contributed by atoms with Gasteiger partial charge in [0, 0.05) is 24.2 Å². The molecule has 1 saturated heterocycles. The monoisotopic (exact) mass is 428 g/mol. The number of hydrogen-bond acceptors (Lipinski definition) is 6. The summed E-state index contributed by atoms with van der Waals surface area (Å²) >= 11 is 1.54. The number of piperidine rings is 1. The molecule has 3 heterocycles. The normalized spacial score (nSPS) is 13.8. The molecule has 0 aliphatic carbocycles. The largest absolute Gasteiger partial charge is 0.347 e. The molecule has 7 nitrogen and oxygen atoms in total. The number of amides is 1. The van der Waals surface area contributed by atoms with Crippen molar-refractivity contribution >= 4 is 33.2 Å². The number of nitriles is 1. The predicted octanol–water partition coefficient (Wildman–Crippen LogP) is 4.57. The fourth-order valence-corrected chi connectivity index (χ4v) is 4.69. The Balaban J connectivity index is 1.54. The zero-order valence-electron chi connectivity index (χ0n) is 16.8. The van der Waals surface area contributed by atoms with Gasteiger partial charge in [0.25, 0.3) is 5.91 Å². The lowest BCUT2D eigenvalue weighted by atomic mass is 10.1. The number of anilines is 2. The van der Waals surface area contributed by atoms with Gasteiger partial charge in [-0.1, -0.05) is 41.7 Å². The third kappa shape index (κ3) is 3.76. The van der Waals surface area contributed by atoms with Gasteiger partial charge in [-0.15, -0.1) is 5.10 Å². The molecule has 0 spiro atoms. The lowest BCUT2D eigenvalue weighted by molar-refractivity contribution is 0.102. The van der Waals surface area contributed by atoms with Crippen molar-refractivity contribution in [3.05, 3.63) is 65.7 Å². The summed E-state index contributed by atoms with van der Waals surface area (Å²) in [7, 11) is 0. The van der Waals surface area contributed by atoms with Gasteiger partial charge in [-0.25, -0.2) is 4.98 Å². The molecule has 2 aromatic carbocycles. The van der Waals surface area contributed by atoms with Crippen molar-refractivity contribution in [3.8, 4) is 17.3 Å². The highest BCUT2D eigenvalue weighted by Gasteiger charge is 2.23. The van der Waals surface area contributed by atoms with Gasteiger partial charge in [0.15, 0.2) is 5.82 Å². The van der Waals surface area contributed by atoms with Crippen LogP contribution in [0.5, 0.6) is 0 Å². The molecule has 1 aliphatic heterocycles. The van der Waals surface area contributed by atoms with Crippen molar-refractivity contribution in [2.24, 2.45) is 0 Å². The molecule has 0 saturated carbocycles. The third-order valence-electron chi connectivity index (χ3n) is 5.37. The van der Waals surface area contributed by atoms with Crippen LogP contribution in [-0.2, 0) is 0 Å². The van der Waals surface area contributed by atoms with Crippen molar-refractivity contribution < 1.29 is 4.79 Å². The molecule has 4 aromatic rings. The van der Waals surface area contributed by atoms with E-state index in [2.05, 4.69) is 16.3 Å². The second-order valence-electron chi connectivity index (χ2n) is 7.45. The predicted molar refractivity (Wildman–Crippen MR) is 121 cm³/mol. The van der Waals surface area contributed by atoms with E-state index in [0.29, 0.717) is 22.6 Å². The van der Waals surface area contributed by atoms with Crippen LogP contribution in [0.25, 0.3) is 16.2 Å². The molecule has 8 heteroatoms. The number of carbonyl (C=O) groups is 1. The Morgan fingerprint density at radius 2 is 1.77 bits per heavy atom. The summed E-state index contributed by atoms with van der Waals surface area (Å²) in [6.07, 6.45) is 3.59. The first-order chi connectivity index (χ1) is 15.2. The van der Waals surface area contributed by atoms with Gasteiger partial charge >= 0.3 is 0 Å². The van der Waals surface area contributed by atoms with Gasteiger partial charge in [-0.05, 0) is 43.5 Å². The highest BCUT2D eigenvalue weighted by molar-refractivity contribution is 7.20. The molecule has 2 aromatic heterocycles. The number of fused-ring (bicyclic) bond motifs is 1. The number of rotatable bonds is 4. The SMILES string of the molecule is N#Cc1ccc(C(=O)Nc2c(-c3ccccc3)nc3sc(N4CCCCC4)nn23)cc1. The van der Waals surface area contributed by atoms with Gasteiger partial charge in [0.2, 0.25) is 10.1 Å². The Morgan fingerprint density at radius 3 is 2.48 bits per heavy atom. The summed E-state index contributed by atoms with van der Waals surface area (Å²) in [6, 6.07) is 18.4. The van der Waals surface area contributed by atoms with E-state index < -0.39 is 0 Å². The summed E-state index contributed by atoms with van der Waals surface area (Å²) in [5.41, 5.74) is 2.58. The standard InChI is InChI=1S/C23H20N6OS/c24-15-16-9-11-18(12-10-16)21(30)26-20-19(17-7-3-1-4-8-17)25-22-29(20)27-23(31-22)28-13-5-2-6-14-28/h1,3-4,7-12H,2,5-6,13-14H2,(H,26,30). The van der Waals surface area contributed by atoms with Gasteiger partial charge < -0.3 is 10.2 Å². The quantitative estimate of drug-likeness (QED) is 0.514. The zero-order chi connectivity index (χ0) is 21.2. The maximum Gasteiger partial charge on any atom is 0.256 e. The molecular weight excluding hydrogens is 408 g/mol. The molecule has 1 amide bonds. The Bertz CT molecular complexity index is 1260. The van der Waals surface area contributed by atoms with Crippen LogP contribution < -0.4 is 10.2 Å². The Hall–Kier alpha value is -3.70. The highest BCUT2D eigenvalue weighted by atomic mass is 32.1. The van der Waals surface area contributed by atoms with Crippen molar-refractivity contribution in [2.45, 2.75) is 19.3 Å². The van der Waals surface area contributed by atoms with E-state index in [1.54, 1.807) is 40.1 Å². The van der Waals surface area contributed by atoms with Crippen LogP contribution in [0.3, 0.4) is 0 Å². The average Bonchev–Trinajstić information content (AvgIpc) is 3.39. The highest BCUT2D eigenvalue weighted by Crippen LogP contribution is 2.34. The molecule has 1 N–H and O–H groups in total. The minimum atomic E-state index is -0.268. The second-order valence-corrected chi connectivity index (χ2v) is 8.38. The minimum absolute atomic E-state index is 0.268. The van der Waals surface area contributed by atoms with E-state index in [1.165, 1.54) is 19.3 Å². The third-order valence-corrected chi connectivity index (χ3v) is 6.34. The van der Waals surface area contributed by atoms with Crippen LogP contribution in [0.4, 0.5) is 10.9 Å². The fraction of sp³-hybridized carbons (Fsp3) is 0.217. The van der Waals surface area contributed by atoms with Crippen molar-refractivity contribution in [2.75, 3.05) is 23.3 Å². The fourth-order valence-electron chi connectivity index (χ4n) is 3.74. The number of benzene rings is 2. The van der Waals surface area contributed by atoms with Gasteiger partial charge in [-0.3, -0.25) is 4.79 Å². The first-order valence-electron chi connectivity index (χ1n) is 10.2. The summed E-state index contributed by atoms with van der Waals surface area (Å²) in [5.74, 6) is 0.283. The van der Waals surface area contributed by atoms with Crippen LogP contribution in [0, 0.1) is 11.3 Å². The minimum Gasteiger partial charge on any atom is -0.347 e. The average molecular weight is 429 g/mol. The number of hydrogen-bond donors (Lipinski definition) is 1.